The Labute approximate surface area is 161 Å². The summed E-state index contributed by atoms with van der Waals surface area (Å²) in [5, 5.41) is 0. The highest BCUT2D eigenvalue weighted by Crippen LogP contribution is 2.24. The summed E-state index contributed by atoms with van der Waals surface area (Å²) in [6.45, 7) is 0.271. The predicted molar refractivity (Wildman–Crippen MR) is 104 cm³/mol. The van der Waals surface area contributed by atoms with E-state index in [4.69, 9.17) is 0 Å². The summed E-state index contributed by atoms with van der Waals surface area (Å²) in [5.41, 5.74) is 2.55. The molecule has 1 aliphatic heterocycles. The number of halogens is 2. The zero-order valence-electron chi connectivity index (χ0n) is 14.8. The van der Waals surface area contributed by atoms with E-state index in [1.165, 1.54) is 24.3 Å². The Kier molecular flexibility index (Phi) is 4.81. The molecule has 0 aromatic heterocycles. The molecule has 0 aliphatic carbocycles. The van der Waals surface area contributed by atoms with Gasteiger partial charge in [-0.1, -0.05) is 54.6 Å². The van der Waals surface area contributed by atoms with E-state index in [9.17, 15) is 13.6 Å². The Balaban J connectivity index is 1.71. The van der Waals surface area contributed by atoms with Gasteiger partial charge in [-0.15, -0.1) is 0 Å². The first-order valence-electron chi connectivity index (χ1n) is 8.78. The molecule has 3 aromatic rings. The third-order valence-corrected chi connectivity index (χ3v) is 4.41. The first kappa shape index (κ1) is 17.8. The van der Waals surface area contributed by atoms with Crippen LogP contribution in [-0.2, 0) is 11.3 Å². The van der Waals surface area contributed by atoms with Crippen LogP contribution in [0.4, 0.5) is 8.78 Å². The molecule has 0 bridgehead atoms. The van der Waals surface area contributed by atoms with Crippen molar-refractivity contribution >= 4 is 17.8 Å². The third kappa shape index (κ3) is 3.74. The van der Waals surface area contributed by atoms with Crippen LogP contribution in [0.15, 0.2) is 89.6 Å². The van der Waals surface area contributed by atoms with Crippen molar-refractivity contribution in [2.24, 2.45) is 4.99 Å². The highest BCUT2D eigenvalue weighted by molar-refractivity contribution is 6.19. The highest BCUT2D eigenvalue weighted by atomic mass is 19.1. The first-order chi connectivity index (χ1) is 13.6. The summed E-state index contributed by atoms with van der Waals surface area (Å²) in [6, 6.07) is 21.3. The van der Waals surface area contributed by atoms with Crippen molar-refractivity contribution in [3.05, 3.63) is 113 Å². The van der Waals surface area contributed by atoms with E-state index >= 15 is 0 Å². The Hall–Kier alpha value is -3.60. The van der Waals surface area contributed by atoms with Crippen molar-refractivity contribution in [2.45, 2.75) is 6.54 Å². The van der Waals surface area contributed by atoms with Gasteiger partial charge in [-0.3, -0.25) is 9.69 Å². The van der Waals surface area contributed by atoms with Gasteiger partial charge in [-0.2, -0.15) is 0 Å². The van der Waals surface area contributed by atoms with Gasteiger partial charge in [-0.05, 0) is 41.5 Å². The number of hydrogen-bond acceptors (Lipinski definition) is 2. The van der Waals surface area contributed by atoms with Crippen LogP contribution < -0.4 is 0 Å². The molecule has 1 heterocycles. The smallest absolute Gasteiger partial charge is 0.278 e. The van der Waals surface area contributed by atoms with Crippen LogP contribution in [0.1, 0.15) is 16.7 Å². The number of benzene rings is 3. The topological polar surface area (TPSA) is 32.7 Å². The zero-order chi connectivity index (χ0) is 19.5. The number of carbonyl (C=O) groups excluding carboxylic acids is 1. The summed E-state index contributed by atoms with van der Waals surface area (Å²) in [4.78, 5) is 19.1. The van der Waals surface area contributed by atoms with Crippen LogP contribution >= 0.6 is 0 Å². The summed E-state index contributed by atoms with van der Waals surface area (Å²) in [5.74, 6) is -0.396. The number of rotatable bonds is 4. The van der Waals surface area contributed by atoms with Crippen LogP contribution in [0, 0.1) is 11.6 Å². The van der Waals surface area contributed by atoms with Gasteiger partial charge in [0.25, 0.3) is 5.91 Å². The molecule has 0 saturated heterocycles. The fourth-order valence-corrected chi connectivity index (χ4v) is 2.99. The van der Waals surface area contributed by atoms with Gasteiger partial charge < -0.3 is 0 Å². The fourth-order valence-electron chi connectivity index (χ4n) is 2.99. The minimum absolute atomic E-state index is 0.257. The number of aliphatic imine (C=N–C) groups is 1. The maximum atomic E-state index is 13.2. The van der Waals surface area contributed by atoms with Crippen molar-refractivity contribution < 1.29 is 13.6 Å². The Morgan fingerprint density at radius 2 is 1.43 bits per heavy atom. The average Bonchev–Trinajstić information content (AvgIpc) is 3.02. The van der Waals surface area contributed by atoms with E-state index in [1.54, 1.807) is 35.2 Å². The van der Waals surface area contributed by atoms with E-state index in [0.717, 1.165) is 11.1 Å². The second kappa shape index (κ2) is 7.56. The Morgan fingerprint density at radius 1 is 0.821 bits per heavy atom. The number of hydrogen-bond donors (Lipinski definition) is 0. The molecule has 3 aromatic carbocycles. The largest absolute Gasteiger partial charge is 0.286 e. The van der Waals surface area contributed by atoms with Crippen molar-refractivity contribution in [2.75, 3.05) is 0 Å². The van der Waals surface area contributed by atoms with Gasteiger partial charge in [0.1, 0.15) is 23.2 Å². The lowest BCUT2D eigenvalue weighted by Gasteiger charge is -2.18. The highest BCUT2D eigenvalue weighted by Gasteiger charge is 2.31. The van der Waals surface area contributed by atoms with Crippen LogP contribution in [0.5, 0.6) is 0 Å². The van der Waals surface area contributed by atoms with Gasteiger partial charge in [0.05, 0.1) is 6.54 Å². The molecule has 1 aliphatic rings. The predicted octanol–water partition coefficient (Wildman–Crippen LogP) is 4.79. The maximum absolute atomic E-state index is 13.2. The van der Waals surface area contributed by atoms with Crippen molar-refractivity contribution in [1.29, 1.82) is 0 Å². The molecule has 1 amide bonds. The SMILES string of the molecule is O=C1/C(=C/c2ccc(F)cc2)N=C(c2ccccc2)N1Cc1ccc(F)cc1. The molecular weight excluding hydrogens is 358 g/mol. The Morgan fingerprint density at radius 3 is 2.07 bits per heavy atom. The van der Waals surface area contributed by atoms with E-state index in [0.29, 0.717) is 11.4 Å². The molecule has 138 valence electrons. The standard InChI is InChI=1S/C23H16F2N2O/c24-19-10-6-16(7-11-19)14-21-23(28)27(15-17-8-12-20(25)13-9-17)22(26-21)18-4-2-1-3-5-18/h1-14H,15H2/b21-14-. The lowest BCUT2D eigenvalue weighted by molar-refractivity contribution is -0.123. The summed E-state index contributed by atoms with van der Waals surface area (Å²) in [7, 11) is 0. The molecule has 0 spiro atoms. The fraction of sp³-hybridized carbons (Fsp3) is 0.0435. The molecule has 5 heteroatoms. The quantitative estimate of drug-likeness (QED) is 0.604. The maximum Gasteiger partial charge on any atom is 0.278 e. The van der Waals surface area contributed by atoms with Crippen molar-refractivity contribution in [3.8, 4) is 0 Å². The van der Waals surface area contributed by atoms with Crippen LogP contribution in [0.2, 0.25) is 0 Å². The van der Waals surface area contributed by atoms with E-state index in [-0.39, 0.29) is 29.8 Å². The van der Waals surface area contributed by atoms with Crippen LogP contribution in [-0.4, -0.2) is 16.6 Å². The number of amides is 1. The molecule has 0 atom stereocenters. The van der Waals surface area contributed by atoms with Gasteiger partial charge in [0, 0.05) is 5.56 Å². The van der Waals surface area contributed by atoms with Gasteiger partial charge in [0.15, 0.2) is 0 Å². The van der Waals surface area contributed by atoms with Gasteiger partial charge in [-0.25, -0.2) is 13.8 Å². The number of amidine groups is 1. The molecule has 4 rings (SSSR count). The van der Waals surface area contributed by atoms with Gasteiger partial charge in [0.2, 0.25) is 0 Å². The van der Waals surface area contributed by atoms with Crippen LogP contribution in [0.3, 0.4) is 0 Å². The Bertz CT molecular complexity index is 1060. The van der Waals surface area contributed by atoms with E-state index in [2.05, 4.69) is 4.99 Å². The molecular formula is C23H16F2N2O. The number of nitrogens with zero attached hydrogens (tertiary/aromatic N) is 2. The first-order valence-corrected chi connectivity index (χ1v) is 8.78. The minimum atomic E-state index is -0.341. The second-order valence-electron chi connectivity index (χ2n) is 6.40. The minimum Gasteiger partial charge on any atom is -0.286 e. The van der Waals surface area contributed by atoms with Crippen molar-refractivity contribution in [1.82, 2.24) is 4.90 Å². The summed E-state index contributed by atoms with van der Waals surface area (Å²) >= 11 is 0. The monoisotopic (exact) mass is 374 g/mol. The zero-order valence-corrected chi connectivity index (χ0v) is 14.8. The molecule has 0 saturated carbocycles. The molecule has 3 nitrogen and oxygen atoms in total. The molecule has 28 heavy (non-hydrogen) atoms. The summed E-state index contributed by atoms with van der Waals surface area (Å²) in [6.07, 6.45) is 1.63. The van der Waals surface area contributed by atoms with Crippen LogP contribution in [0.25, 0.3) is 6.08 Å². The average molecular weight is 374 g/mol. The van der Waals surface area contributed by atoms with Gasteiger partial charge >= 0.3 is 0 Å². The second-order valence-corrected chi connectivity index (χ2v) is 6.40. The molecule has 0 N–H and O–H groups in total. The molecule has 0 fully saturated rings. The van der Waals surface area contributed by atoms with Crippen molar-refractivity contribution in [3.63, 3.8) is 0 Å². The normalized spacial score (nSPS) is 15.2. The lowest BCUT2D eigenvalue weighted by Crippen LogP contribution is -2.32. The lowest BCUT2D eigenvalue weighted by atomic mass is 10.1. The molecule has 0 unspecified atom stereocenters. The van der Waals surface area contributed by atoms with E-state index in [1.807, 2.05) is 30.3 Å². The van der Waals surface area contributed by atoms with E-state index < -0.39 is 0 Å². The number of carbonyl (C=O) groups is 1. The third-order valence-electron chi connectivity index (χ3n) is 4.41. The molecule has 0 radical (unpaired) electrons. The summed E-state index contributed by atoms with van der Waals surface area (Å²) < 4.78 is 26.4.